The lowest BCUT2D eigenvalue weighted by molar-refractivity contribution is 0.133. The topological polar surface area (TPSA) is 73.4 Å². The van der Waals surface area contributed by atoms with Crippen LogP contribution in [0.5, 0.6) is 5.75 Å². The second-order valence-electron chi connectivity index (χ2n) is 7.43. The molecule has 1 fully saturated rings. The van der Waals surface area contributed by atoms with Gasteiger partial charge >= 0.3 is 0 Å². The molecule has 0 amide bonds. The van der Waals surface area contributed by atoms with Crippen LogP contribution in [0, 0.1) is 12.8 Å². The third kappa shape index (κ3) is 3.61. The fourth-order valence-electron chi connectivity index (χ4n) is 3.80. The van der Waals surface area contributed by atoms with Gasteiger partial charge in [-0.1, -0.05) is 0 Å². The quantitative estimate of drug-likeness (QED) is 0.673. The molecule has 1 aromatic carbocycles. The highest BCUT2D eigenvalue weighted by Gasteiger charge is 2.26. The number of fused-ring (bicyclic) bond motifs is 1. The van der Waals surface area contributed by atoms with Crippen LogP contribution in [-0.4, -0.2) is 34.1 Å². The normalized spacial score (nSPS) is 16.5. The van der Waals surface area contributed by atoms with E-state index < -0.39 is 0 Å². The Balaban J connectivity index is 1.39. The van der Waals surface area contributed by atoms with E-state index in [0.29, 0.717) is 23.4 Å². The molecule has 0 radical (unpaired) electrons. The summed E-state index contributed by atoms with van der Waals surface area (Å²) >= 11 is 0. The number of hydrogen-bond acceptors (Lipinski definition) is 6. The monoisotopic (exact) mass is 382 g/mol. The van der Waals surface area contributed by atoms with E-state index >= 15 is 0 Å². The highest BCUT2D eigenvalue weighted by molar-refractivity contribution is 5.77. The number of nitrogens with zero attached hydrogens (tertiary/aromatic N) is 4. The van der Waals surface area contributed by atoms with Gasteiger partial charge in [-0.25, -0.2) is 0 Å². The summed E-state index contributed by atoms with van der Waals surface area (Å²) in [6, 6.07) is 9.49. The van der Waals surface area contributed by atoms with E-state index in [0.717, 1.165) is 43.2 Å². The molecule has 3 heterocycles. The summed E-state index contributed by atoms with van der Waals surface area (Å²) in [6.07, 6.45) is 2.17. The highest BCUT2D eigenvalue weighted by atomic mass is 16.5. The Morgan fingerprint density at radius 2 is 2.00 bits per heavy atom. The smallest absolute Gasteiger partial charge is 0.290 e. The number of ether oxygens (including phenoxy) is 1. The van der Waals surface area contributed by atoms with E-state index in [2.05, 4.69) is 22.0 Å². The fraction of sp³-hybridized carbons (Fsp3) is 0.476. The van der Waals surface area contributed by atoms with Crippen LogP contribution in [0.1, 0.15) is 32.4 Å². The van der Waals surface area contributed by atoms with Crippen LogP contribution in [0.2, 0.25) is 0 Å². The second-order valence-corrected chi connectivity index (χ2v) is 7.43. The molecule has 7 nitrogen and oxygen atoms in total. The number of anilines is 1. The van der Waals surface area contributed by atoms with Crippen LogP contribution in [0.3, 0.4) is 0 Å². The third-order valence-corrected chi connectivity index (χ3v) is 5.54. The zero-order chi connectivity index (χ0) is 19.7. The molecule has 3 aromatic rings. The number of rotatable bonds is 5. The first-order valence-corrected chi connectivity index (χ1v) is 9.91. The van der Waals surface area contributed by atoms with Crippen molar-refractivity contribution in [3.63, 3.8) is 0 Å². The third-order valence-electron chi connectivity index (χ3n) is 5.54. The molecule has 7 heteroatoms. The van der Waals surface area contributed by atoms with Gasteiger partial charge in [0.15, 0.2) is 11.4 Å². The lowest BCUT2D eigenvalue weighted by Crippen LogP contribution is -2.39. The summed E-state index contributed by atoms with van der Waals surface area (Å²) in [4.78, 5) is 14.4. The molecular weight excluding hydrogens is 356 g/mol. The highest BCUT2D eigenvalue weighted by Crippen LogP contribution is 2.28. The molecular formula is C21H26N4O3. The molecule has 28 heavy (non-hydrogen) atoms. The van der Waals surface area contributed by atoms with E-state index in [4.69, 9.17) is 9.26 Å². The Kier molecular flexibility index (Phi) is 5.07. The van der Waals surface area contributed by atoms with E-state index in [-0.39, 0.29) is 11.7 Å². The van der Waals surface area contributed by atoms with Gasteiger partial charge in [-0.3, -0.25) is 4.79 Å². The van der Waals surface area contributed by atoms with Gasteiger partial charge in [0, 0.05) is 19.2 Å². The maximum Gasteiger partial charge on any atom is 0.290 e. The lowest BCUT2D eigenvalue weighted by Gasteiger charge is -2.35. The van der Waals surface area contributed by atoms with Crippen LogP contribution < -0.4 is 15.2 Å². The molecule has 1 aliphatic rings. The van der Waals surface area contributed by atoms with Crippen molar-refractivity contribution in [2.24, 2.45) is 5.92 Å². The minimum atomic E-state index is -0.0938. The minimum absolute atomic E-state index is 0.0867. The number of aromatic nitrogens is 3. The SMILES string of the molecule is CCn1oc2cc(OC(C)C3CCN(c4ccc(C)nn4)CC3)ccc2c1=O. The summed E-state index contributed by atoms with van der Waals surface area (Å²) in [5.74, 6) is 2.15. The van der Waals surface area contributed by atoms with Gasteiger partial charge in [-0.15, -0.1) is 5.10 Å². The van der Waals surface area contributed by atoms with Crippen molar-refractivity contribution in [1.29, 1.82) is 0 Å². The van der Waals surface area contributed by atoms with Crippen molar-refractivity contribution in [2.75, 3.05) is 18.0 Å². The average Bonchev–Trinajstić information content (AvgIpc) is 3.04. The van der Waals surface area contributed by atoms with Crippen molar-refractivity contribution in [2.45, 2.75) is 46.3 Å². The number of piperidine rings is 1. The Bertz CT molecular complexity index is 1000. The van der Waals surface area contributed by atoms with Crippen molar-refractivity contribution >= 4 is 16.8 Å². The molecule has 148 valence electrons. The van der Waals surface area contributed by atoms with Crippen molar-refractivity contribution < 1.29 is 9.26 Å². The summed E-state index contributed by atoms with van der Waals surface area (Å²) in [5, 5.41) is 9.04. The van der Waals surface area contributed by atoms with Gasteiger partial charge in [0.1, 0.15) is 5.75 Å². The Morgan fingerprint density at radius 1 is 1.21 bits per heavy atom. The average molecular weight is 382 g/mol. The maximum atomic E-state index is 12.1. The molecule has 4 rings (SSSR count). The summed E-state index contributed by atoms with van der Waals surface area (Å²) in [6.45, 7) is 8.36. The zero-order valence-corrected chi connectivity index (χ0v) is 16.6. The Hall–Kier alpha value is -2.83. The summed E-state index contributed by atoms with van der Waals surface area (Å²) in [5.41, 5.74) is 1.41. The number of benzene rings is 1. The molecule has 0 aliphatic carbocycles. The second kappa shape index (κ2) is 7.66. The van der Waals surface area contributed by atoms with Crippen molar-refractivity contribution in [3.8, 4) is 5.75 Å². The first-order valence-electron chi connectivity index (χ1n) is 9.91. The van der Waals surface area contributed by atoms with Crippen molar-refractivity contribution in [3.05, 3.63) is 46.4 Å². The van der Waals surface area contributed by atoms with Crippen LogP contribution in [-0.2, 0) is 6.54 Å². The molecule has 0 N–H and O–H groups in total. The van der Waals surface area contributed by atoms with Gasteiger partial charge in [-0.05, 0) is 63.8 Å². The van der Waals surface area contributed by atoms with Gasteiger partial charge < -0.3 is 14.2 Å². The van der Waals surface area contributed by atoms with E-state index in [1.807, 2.05) is 38.1 Å². The van der Waals surface area contributed by atoms with Crippen LogP contribution in [0.4, 0.5) is 5.82 Å². The molecule has 1 unspecified atom stereocenters. The largest absolute Gasteiger partial charge is 0.490 e. The van der Waals surface area contributed by atoms with Crippen LogP contribution >= 0.6 is 0 Å². The molecule has 2 aromatic heterocycles. The van der Waals surface area contributed by atoms with Gasteiger partial charge in [-0.2, -0.15) is 9.84 Å². The minimum Gasteiger partial charge on any atom is -0.490 e. The number of aryl methyl sites for hydroxylation is 2. The van der Waals surface area contributed by atoms with Crippen LogP contribution in [0.25, 0.3) is 11.0 Å². The summed E-state index contributed by atoms with van der Waals surface area (Å²) < 4.78 is 13.1. The molecule has 0 bridgehead atoms. The Labute approximate surface area is 163 Å². The predicted octanol–water partition coefficient (Wildman–Crippen LogP) is 3.40. The maximum absolute atomic E-state index is 12.1. The first kappa shape index (κ1) is 18.5. The number of hydrogen-bond donors (Lipinski definition) is 0. The van der Waals surface area contributed by atoms with E-state index in [9.17, 15) is 4.79 Å². The van der Waals surface area contributed by atoms with Gasteiger partial charge in [0.25, 0.3) is 5.56 Å². The van der Waals surface area contributed by atoms with E-state index in [1.165, 1.54) is 4.74 Å². The lowest BCUT2D eigenvalue weighted by atomic mass is 9.92. The Morgan fingerprint density at radius 3 is 2.68 bits per heavy atom. The fourth-order valence-corrected chi connectivity index (χ4v) is 3.80. The van der Waals surface area contributed by atoms with Crippen molar-refractivity contribution in [1.82, 2.24) is 14.9 Å². The molecule has 0 saturated carbocycles. The van der Waals surface area contributed by atoms with E-state index in [1.54, 1.807) is 6.07 Å². The van der Waals surface area contributed by atoms with Gasteiger partial charge in [0.2, 0.25) is 0 Å². The standard InChI is InChI=1S/C21H26N4O3/c1-4-25-21(26)18-7-6-17(13-19(18)28-25)27-15(3)16-9-11-24(12-10-16)20-8-5-14(2)22-23-20/h5-8,13,15-16H,4,9-12H2,1-3H3. The summed E-state index contributed by atoms with van der Waals surface area (Å²) in [7, 11) is 0. The molecule has 0 spiro atoms. The first-order chi connectivity index (χ1) is 13.5. The molecule has 1 saturated heterocycles. The predicted molar refractivity (Wildman–Crippen MR) is 108 cm³/mol. The van der Waals surface area contributed by atoms with Gasteiger partial charge in [0.05, 0.1) is 23.7 Å². The zero-order valence-electron chi connectivity index (χ0n) is 16.6. The van der Waals surface area contributed by atoms with Crippen LogP contribution in [0.15, 0.2) is 39.6 Å². The molecule has 1 atom stereocenters. The molecule has 1 aliphatic heterocycles.